The summed E-state index contributed by atoms with van der Waals surface area (Å²) >= 11 is -0.346. The van der Waals surface area contributed by atoms with Crippen LogP contribution >= 0.6 is 51.1 Å². The maximum atomic E-state index is 5.01. The Morgan fingerprint density at radius 3 is 0.688 bits per heavy atom. The van der Waals surface area contributed by atoms with E-state index in [0.717, 1.165) is 45.3 Å². The predicted molar refractivity (Wildman–Crippen MR) is 230 cm³/mol. The van der Waals surface area contributed by atoms with Crippen molar-refractivity contribution in [2.45, 2.75) is 188 Å². The second kappa shape index (κ2) is 27.8. The third-order valence-electron chi connectivity index (χ3n) is 8.41. The molecule has 9 heteroatoms. The Balaban J connectivity index is 0. The van der Waals surface area contributed by atoms with Gasteiger partial charge in [-0.15, -0.1) is 0 Å². The molecule has 0 aliphatic heterocycles. The monoisotopic (exact) mass is 866 g/mol. The molecular formula is C39H74Cl2N2P4Ru. The second-order valence-corrected chi connectivity index (χ2v) is 31.0. The summed E-state index contributed by atoms with van der Waals surface area (Å²) in [4.78, 5) is 10.0. The van der Waals surface area contributed by atoms with Gasteiger partial charge in [-0.1, -0.05) is 162 Å². The van der Waals surface area contributed by atoms with Gasteiger partial charge >= 0.3 is 34.5 Å². The first-order valence-electron chi connectivity index (χ1n) is 17.6. The molecule has 0 bridgehead atoms. The Morgan fingerprint density at radius 1 is 0.417 bits per heavy atom. The van der Waals surface area contributed by atoms with Crippen molar-refractivity contribution in [3.63, 3.8) is 0 Å². The molecule has 0 saturated carbocycles. The number of pyridine rings is 2. The fraction of sp³-hybridized carbons (Fsp3) is 0.744. The zero-order valence-electron chi connectivity index (χ0n) is 32.7. The van der Waals surface area contributed by atoms with E-state index < -0.39 is 0 Å². The van der Waals surface area contributed by atoms with Gasteiger partial charge in [0.05, 0.1) is 0 Å². The third kappa shape index (κ3) is 21.1. The summed E-state index contributed by atoms with van der Waals surface area (Å²) in [6.07, 6.45) is 4.72. The molecule has 0 fully saturated rings. The summed E-state index contributed by atoms with van der Waals surface area (Å²) in [6.45, 7) is 37.9. The molecule has 2 heterocycles. The van der Waals surface area contributed by atoms with Crippen LogP contribution in [0.25, 0.3) is 0 Å². The molecule has 2 rings (SSSR count). The summed E-state index contributed by atoms with van der Waals surface area (Å²) in [5.74, 6) is 0. The number of halogens is 2. The molecule has 0 amide bonds. The Morgan fingerprint density at radius 2 is 0.562 bits per heavy atom. The maximum absolute atomic E-state index is 5.01. The predicted octanol–water partition coefficient (Wildman–Crippen LogP) is 15.4. The van der Waals surface area contributed by atoms with Gasteiger partial charge < -0.3 is 0 Å². The fourth-order valence-electron chi connectivity index (χ4n) is 6.00. The first-order valence-corrected chi connectivity index (χ1v) is 28.8. The molecule has 0 saturated heterocycles. The van der Waals surface area contributed by atoms with Crippen LogP contribution in [0, 0.1) is 0 Å². The van der Waals surface area contributed by atoms with Gasteiger partial charge in [0.25, 0.3) is 0 Å². The molecule has 282 valence electrons. The minimum absolute atomic E-state index is 0. The van der Waals surface area contributed by atoms with Crippen LogP contribution in [0.1, 0.15) is 141 Å². The van der Waals surface area contributed by atoms with Crippen molar-refractivity contribution in [1.29, 1.82) is 0 Å². The van der Waals surface area contributed by atoms with E-state index in [4.69, 9.17) is 29.4 Å². The molecule has 0 radical (unpaired) electrons. The molecule has 2 aromatic rings. The summed E-state index contributed by atoms with van der Waals surface area (Å²) in [7, 11) is 9.83. The fourth-order valence-corrected chi connectivity index (χ4v) is 15.9. The molecule has 0 spiro atoms. The van der Waals surface area contributed by atoms with Crippen LogP contribution in [0.3, 0.4) is 0 Å². The van der Waals surface area contributed by atoms with E-state index in [1.807, 2.05) is 0 Å². The summed E-state index contributed by atoms with van der Waals surface area (Å²) in [6, 6.07) is 13.4. The van der Waals surface area contributed by atoms with Crippen LogP contribution in [0.2, 0.25) is 0 Å². The second-order valence-electron chi connectivity index (χ2n) is 14.7. The Hall–Kier alpha value is 1.22. The topological polar surface area (TPSA) is 25.8 Å². The van der Waals surface area contributed by atoms with Crippen molar-refractivity contribution in [3.8, 4) is 0 Å². The van der Waals surface area contributed by atoms with E-state index in [0.29, 0.717) is 0 Å². The van der Waals surface area contributed by atoms with E-state index >= 15 is 0 Å². The van der Waals surface area contributed by atoms with Crippen molar-refractivity contribution < 1.29 is 15.1 Å². The van der Waals surface area contributed by atoms with Gasteiger partial charge in [0, 0.05) is 47.4 Å². The molecule has 0 N–H and O–H groups in total. The van der Waals surface area contributed by atoms with Crippen molar-refractivity contribution in [1.82, 2.24) is 9.97 Å². The minimum atomic E-state index is -0.346. The van der Waals surface area contributed by atoms with Gasteiger partial charge in [-0.25, -0.2) is 0 Å². The molecule has 0 aliphatic rings. The van der Waals surface area contributed by atoms with Crippen LogP contribution in [0.4, 0.5) is 0 Å². The molecule has 0 unspecified atom stereocenters. The molecule has 2 nitrogen and oxygen atoms in total. The number of rotatable bonds is 16. The van der Waals surface area contributed by atoms with Crippen molar-refractivity contribution in [3.05, 3.63) is 59.2 Å². The van der Waals surface area contributed by atoms with Crippen LogP contribution in [0.15, 0.2) is 36.4 Å². The zero-order chi connectivity index (χ0) is 36.4. The Bertz CT molecular complexity index is 893. The van der Waals surface area contributed by atoms with Gasteiger partial charge in [-0.3, -0.25) is 9.97 Å². The number of aromatic nitrogens is 2. The summed E-state index contributed by atoms with van der Waals surface area (Å²) in [5, 5.41) is 0. The van der Waals surface area contributed by atoms with E-state index in [9.17, 15) is 0 Å². The average Bonchev–Trinajstić information content (AvgIpc) is 2.96. The van der Waals surface area contributed by atoms with E-state index in [1.165, 1.54) is 47.4 Å². The molecular weight excluding hydrogens is 792 g/mol. The van der Waals surface area contributed by atoms with Crippen molar-refractivity contribution >= 4 is 51.1 Å². The van der Waals surface area contributed by atoms with Gasteiger partial charge in [0.2, 0.25) is 0 Å². The van der Waals surface area contributed by atoms with Gasteiger partial charge in [0.1, 0.15) is 0 Å². The van der Waals surface area contributed by atoms with Crippen LogP contribution < -0.4 is 0 Å². The first kappa shape index (κ1) is 51.3. The molecule has 0 aliphatic carbocycles. The van der Waals surface area contributed by atoms with Crippen LogP contribution in [-0.4, -0.2) is 55.2 Å². The van der Waals surface area contributed by atoms with Crippen molar-refractivity contribution in [2.75, 3.05) is 0 Å². The standard InChI is InChI=1S/2C19H35NP2.CH4.2ClH.Ru/c2*1-14(2)21(15(3)4)12-18-10-9-11-19(20-18)13-22(16(5)6)17(7)8;;;;/h2*9-11,14-17H,12-13H2,1-8H3;1H4;2*1H;/q;;;;;+2/p-2. The number of hydrogen-bond acceptors (Lipinski definition) is 2. The zero-order valence-corrected chi connectivity index (χ0v) is 39.5. The van der Waals surface area contributed by atoms with Crippen LogP contribution in [0.5, 0.6) is 0 Å². The molecule has 48 heavy (non-hydrogen) atoms. The third-order valence-corrected chi connectivity index (χ3v) is 21.8. The SMILES string of the molecule is C.CC(C)P(Cc1cccc(CP(C(C)C)C(C)C)n1)C(C)C.CC(C)P(Cc1cccc(CP(C(C)C)C(C)C)n1)C(C)C.[Cl][Ru][Cl]. The van der Waals surface area contributed by atoms with Crippen LogP contribution in [-0.2, 0) is 39.8 Å². The Kier molecular flexibility index (Phi) is 29.7. The molecule has 0 aromatic carbocycles. The van der Waals surface area contributed by atoms with Gasteiger partial charge in [-0.2, -0.15) is 0 Å². The Labute approximate surface area is 321 Å². The number of hydrogen-bond donors (Lipinski definition) is 0. The normalized spacial score (nSPS) is 12.0. The first-order chi connectivity index (χ1) is 21.9. The van der Waals surface area contributed by atoms with Gasteiger partial charge in [0.15, 0.2) is 0 Å². The van der Waals surface area contributed by atoms with Crippen molar-refractivity contribution in [2.24, 2.45) is 0 Å². The quantitative estimate of drug-likeness (QED) is 0.124. The summed E-state index contributed by atoms with van der Waals surface area (Å²) < 4.78 is 0. The summed E-state index contributed by atoms with van der Waals surface area (Å²) in [5.41, 5.74) is 11.5. The van der Waals surface area contributed by atoms with E-state index in [-0.39, 0.29) is 54.3 Å². The van der Waals surface area contributed by atoms with E-state index in [1.54, 1.807) is 0 Å². The number of nitrogens with zero attached hydrogens (tertiary/aromatic N) is 2. The average molecular weight is 867 g/mol. The molecule has 0 atom stereocenters. The molecule has 2 aromatic heterocycles. The van der Waals surface area contributed by atoms with Gasteiger partial charge in [-0.05, 0) is 69.5 Å². The van der Waals surface area contributed by atoms with E-state index in [2.05, 4.69) is 147 Å².